The smallest absolute Gasteiger partial charge is 0.00697 e. The minimum Gasteiger partial charge on any atom is -0.298 e. The van der Waals surface area contributed by atoms with Crippen LogP contribution in [0.4, 0.5) is 0 Å². The van der Waals surface area contributed by atoms with Crippen molar-refractivity contribution in [1.29, 1.82) is 0 Å². The van der Waals surface area contributed by atoms with Gasteiger partial charge in [-0.1, -0.05) is 25.7 Å². The van der Waals surface area contributed by atoms with Crippen molar-refractivity contribution in [2.75, 3.05) is 13.1 Å². The Labute approximate surface area is 139 Å². The molecule has 2 fully saturated rings. The normalized spacial score (nSPS) is 34.9. The lowest BCUT2D eigenvalue weighted by Crippen LogP contribution is -2.44. The summed E-state index contributed by atoms with van der Waals surface area (Å²) in [5.41, 5.74) is 0. The van der Waals surface area contributed by atoms with Crippen molar-refractivity contribution < 1.29 is 0 Å². The second kappa shape index (κ2) is 9.27. The Morgan fingerprint density at radius 3 is 1.18 bits per heavy atom. The van der Waals surface area contributed by atoms with Gasteiger partial charge in [0.05, 0.1) is 0 Å². The summed E-state index contributed by atoms with van der Waals surface area (Å²) in [5, 5.41) is 0. The third-order valence-corrected chi connectivity index (χ3v) is 6.33. The molecule has 0 spiro atoms. The second-order valence-electron chi connectivity index (χ2n) is 8.15. The minimum absolute atomic E-state index is 0.818. The highest BCUT2D eigenvalue weighted by molar-refractivity contribution is 4.80. The fourth-order valence-corrected chi connectivity index (χ4v) is 4.77. The maximum atomic E-state index is 2.76. The molecule has 0 aromatic carbocycles. The van der Waals surface area contributed by atoms with Crippen molar-refractivity contribution in [1.82, 2.24) is 9.80 Å². The van der Waals surface area contributed by atoms with Crippen LogP contribution < -0.4 is 0 Å². The van der Waals surface area contributed by atoms with Crippen LogP contribution in [-0.4, -0.2) is 47.1 Å². The van der Waals surface area contributed by atoms with Crippen molar-refractivity contribution in [2.45, 2.75) is 116 Å². The van der Waals surface area contributed by atoms with E-state index in [1.54, 1.807) is 0 Å². The van der Waals surface area contributed by atoms with Crippen LogP contribution in [0, 0.1) is 0 Å². The third-order valence-electron chi connectivity index (χ3n) is 6.33. The van der Waals surface area contributed by atoms with Gasteiger partial charge in [0.15, 0.2) is 0 Å². The molecular weight excluding hydrogens is 268 g/mol. The first-order valence-corrected chi connectivity index (χ1v) is 10.1. The number of likely N-dealkylation sites (tertiary alicyclic amines) is 2. The third kappa shape index (κ3) is 5.23. The van der Waals surface area contributed by atoms with Crippen molar-refractivity contribution in [3.8, 4) is 0 Å². The van der Waals surface area contributed by atoms with Crippen LogP contribution in [0.2, 0.25) is 0 Å². The van der Waals surface area contributed by atoms with Crippen LogP contribution in [0.1, 0.15) is 91.9 Å². The highest BCUT2D eigenvalue weighted by atomic mass is 15.2. The Kier molecular flexibility index (Phi) is 7.70. The van der Waals surface area contributed by atoms with Gasteiger partial charge in [-0.3, -0.25) is 9.80 Å². The van der Waals surface area contributed by atoms with Crippen molar-refractivity contribution in [2.24, 2.45) is 0 Å². The number of rotatable bonds is 7. The first kappa shape index (κ1) is 18.3. The van der Waals surface area contributed by atoms with Gasteiger partial charge in [-0.05, 0) is 79.3 Å². The Balaban J connectivity index is 1.55. The van der Waals surface area contributed by atoms with Crippen LogP contribution in [0.3, 0.4) is 0 Å². The van der Waals surface area contributed by atoms with E-state index < -0.39 is 0 Å². The summed E-state index contributed by atoms with van der Waals surface area (Å²) in [6.45, 7) is 12.4. The molecule has 2 nitrogen and oxygen atoms in total. The van der Waals surface area contributed by atoms with Gasteiger partial charge < -0.3 is 0 Å². The Hall–Kier alpha value is -0.0800. The van der Waals surface area contributed by atoms with Gasteiger partial charge in [-0.2, -0.15) is 0 Å². The van der Waals surface area contributed by atoms with Crippen LogP contribution in [0.25, 0.3) is 0 Å². The Morgan fingerprint density at radius 1 is 0.545 bits per heavy atom. The van der Waals surface area contributed by atoms with Gasteiger partial charge in [-0.15, -0.1) is 0 Å². The molecule has 0 radical (unpaired) electrons. The largest absolute Gasteiger partial charge is 0.298 e. The van der Waals surface area contributed by atoms with E-state index in [1.807, 2.05) is 0 Å². The molecule has 0 amide bonds. The van der Waals surface area contributed by atoms with Crippen molar-refractivity contribution in [3.05, 3.63) is 0 Å². The van der Waals surface area contributed by atoms with E-state index in [0.717, 1.165) is 24.2 Å². The number of hydrogen-bond donors (Lipinski definition) is 0. The Morgan fingerprint density at radius 2 is 0.864 bits per heavy atom. The van der Waals surface area contributed by atoms with E-state index >= 15 is 0 Å². The monoisotopic (exact) mass is 308 g/mol. The minimum atomic E-state index is 0.818. The molecule has 2 aliphatic heterocycles. The zero-order valence-corrected chi connectivity index (χ0v) is 15.7. The molecule has 0 aliphatic carbocycles. The number of piperidine rings is 2. The average molecular weight is 309 g/mol. The SMILES string of the molecule is CC1CCCC(C)N1CCCCCCN1C(C)CCCC1C. The second-order valence-corrected chi connectivity index (χ2v) is 8.15. The van der Waals surface area contributed by atoms with Crippen LogP contribution in [0.15, 0.2) is 0 Å². The van der Waals surface area contributed by atoms with E-state index in [4.69, 9.17) is 0 Å². The topological polar surface area (TPSA) is 6.48 Å². The standard InChI is InChI=1S/C20H40N2/c1-17-11-9-12-18(2)21(17)15-7-5-6-8-16-22-19(3)13-10-14-20(22)4/h17-20H,5-16H2,1-4H3. The summed E-state index contributed by atoms with van der Waals surface area (Å²) in [6, 6.07) is 3.27. The molecule has 0 saturated carbocycles. The lowest BCUT2D eigenvalue weighted by Gasteiger charge is -2.39. The van der Waals surface area contributed by atoms with Crippen molar-refractivity contribution >= 4 is 0 Å². The summed E-state index contributed by atoms with van der Waals surface area (Å²) < 4.78 is 0. The van der Waals surface area contributed by atoms with E-state index in [-0.39, 0.29) is 0 Å². The van der Waals surface area contributed by atoms with Crippen LogP contribution in [0.5, 0.6) is 0 Å². The maximum absolute atomic E-state index is 2.76. The van der Waals surface area contributed by atoms with E-state index in [0.29, 0.717) is 0 Å². The molecule has 0 N–H and O–H groups in total. The van der Waals surface area contributed by atoms with Gasteiger partial charge in [0.25, 0.3) is 0 Å². The van der Waals surface area contributed by atoms with E-state index in [9.17, 15) is 0 Å². The first-order chi connectivity index (χ1) is 10.6. The number of hydrogen-bond acceptors (Lipinski definition) is 2. The summed E-state index contributed by atoms with van der Waals surface area (Å²) in [6.07, 6.45) is 14.2. The van der Waals surface area contributed by atoms with Gasteiger partial charge in [0.1, 0.15) is 0 Å². The molecule has 2 aliphatic rings. The first-order valence-electron chi connectivity index (χ1n) is 10.1. The fourth-order valence-electron chi connectivity index (χ4n) is 4.77. The molecule has 2 saturated heterocycles. The van der Waals surface area contributed by atoms with Gasteiger partial charge in [0.2, 0.25) is 0 Å². The quantitative estimate of drug-likeness (QED) is 0.606. The van der Waals surface area contributed by atoms with E-state index in [2.05, 4.69) is 37.5 Å². The zero-order valence-electron chi connectivity index (χ0n) is 15.7. The predicted octanol–water partition coefficient (Wildman–Crippen LogP) is 5.07. The molecular formula is C20H40N2. The summed E-state index contributed by atoms with van der Waals surface area (Å²) in [4.78, 5) is 5.52. The van der Waals surface area contributed by atoms with Crippen LogP contribution in [-0.2, 0) is 0 Å². The average Bonchev–Trinajstić information content (AvgIpc) is 2.47. The number of nitrogens with zero attached hydrogens (tertiary/aromatic N) is 2. The molecule has 2 heteroatoms. The van der Waals surface area contributed by atoms with Gasteiger partial charge in [0, 0.05) is 24.2 Å². The summed E-state index contributed by atoms with van der Waals surface area (Å²) >= 11 is 0. The molecule has 2 heterocycles. The van der Waals surface area contributed by atoms with Crippen LogP contribution >= 0.6 is 0 Å². The lowest BCUT2D eigenvalue weighted by molar-refractivity contribution is 0.0963. The number of unbranched alkanes of at least 4 members (excludes halogenated alkanes) is 3. The highest BCUT2D eigenvalue weighted by Gasteiger charge is 2.24. The molecule has 0 bridgehead atoms. The zero-order chi connectivity index (χ0) is 15.9. The predicted molar refractivity (Wildman–Crippen MR) is 97.4 cm³/mol. The lowest BCUT2D eigenvalue weighted by atomic mass is 9.96. The Bertz CT molecular complexity index is 254. The fraction of sp³-hybridized carbons (Fsp3) is 1.00. The molecule has 130 valence electrons. The van der Waals surface area contributed by atoms with Gasteiger partial charge in [-0.25, -0.2) is 0 Å². The summed E-state index contributed by atoms with van der Waals surface area (Å²) in [5.74, 6) is 0. The summed E-state index contributed by atoms with van der Waals surface area (Å²) in [7, 11) is 0. The van der Waals surface area contributed by atoms with Gasteiger partial charge >= 0.3 is 0 Å². The molecule has 4 atom stereocenters. The maximum Gasteiger partial charge on any atom is 0.00697 e. The molecule has 4 unspecified atom stereocenters. The highest BCUT2D eigenvalue weighted by Crippen LogP contribution is 2.24. The van der Waals surface area contributed by atoms with E-state index in [1.165, 1.54) is 77.3 Å². The van der Waals surface area contributed by atoms with Crippen molar-refractivity contribution in [3.63, 3.8) is 0 Å². The molecule has 2 rings (SSSR count). The molecule has 0 aromatic heterocycles. The molecule has 0 aromatic rings. The molecule has 22 heavy (non-hydrogen) atoms.